The predicted octanol–water partition coefficient (Wildman–Crippen LogP) is 6.14. The third-order valence-electron chi connectivity index (χ3n) is 3.88. The third-order valence-corrected chi connectivity index (χ3v) is 4.62. The minimum Gasteiger partial charge on any atom is -0.402 e. The van der Waals surface area contributed by atoms with Gasteiger partial charge in [0.05, 0.1) is 22.8 Å². The van der Waals surface area contributed by atoms with E-state index in [0.717, 1.165) is 16.4 Å². The Hall–Kier alpha value is -2.62. The highest BCUT2D eigenvalue weighted by Crippen LogP contribution is 2.24. The summed E-state index contributed by atoms with van der Waals surface area (Å²) in [6.45, 7) is 24.0. The van der Waals surface area contributed by atoms with Crippen molar-refractivity contribution in [1.82, 2.24) is 4.37 Å². The summed E-state index contributed by atoms with van der Waals surface area (Å²) in [6.07, 6.45) is 3.00. The Labute approximate surface area is 223 Å². The fourth-order valence-corrected chi connectivity index (χ4v) is 2.12. The molecule has 35 heavy (non-hydrogen) atoms. The van der Waals surface area contributed by atoms with Gasteiger partial charge in [-0.3, -0.25) is 0 Å². The van der Waals surface area contributed by atoms with Crippen molar-refractivity contribution in [2.75, 3.05) is 5.73 Å². The molecule has 1 aromatic rings. The Balaban J connectivity index is -0.000000397. The summed E-state index contributed by atoms with van der Waals surface area (Å²) in [6, 6.07) is 5.93. The van der Waals surface area contributed by atoms with Crippen molar-refractivity contribution in [3.05, 3.63) is 35.3 Å². The lowest BCUT2D eigenvalue weighted by atomic mass is 9.92. The molecule has 7 nitrogen and oxygen atoms in total. The lowest BCUT2D eigenvalue weighted by molar-refractivity contribution is 0.498. The molecule has 0 aromatic carbocycles. The molecule has 0 saturated heterocycles. The van der Waals surface area contributed by atoms with Gasteiger partial charge in [0, 0.05) is 39.1 Å². The lowest BCUT2D eigenvalue weighted by Crippen LogP contribution is -2.19. The molecule has 0 radical (unpaired) electrons. The first-order valence-electron chi connectivity index (χ1n) is 11.1. The topological polar surface area (TPSA) is 165 Å². The number of hydrogen-bond donors (Lipinski definition) is 4. The van der Waals surface area contributed by atoms with Crippen molar-refractivity contribution >= 4 is 33.7 Å². The van der Waals surface area contributed by atoms with Gasteiger partial charge in [-0.25, -0.2) is 0 Å². The molecule has 9 heteroatoms. The molecule has 0 unspecified atom stereocenters. The summed E-state index contributed by atoms with van der Waals surface area (Å²) < 4.78 is 4.20. The zero-order valence-corrected chi connectivity index (χ0v) is 25.3. The number of rotatable bonds is 1. The average Bonchev–Trinajstić information content (AvgIpc) is 3.08. The second-order valence-electron chi connectivity index (χ2n) is 12.0. The van der Waals surface area contributed by atoms with Crippen LogP contribution < -0.4 is 22.9 Å². The third kappa shape index (κ3) is 22.9. The van der Waals surface area contributed by atoms with Crippen LogP contribution in [0.5, 0.6) is 0 Å². The highest BCUT2D eigenvalue weighted by molar-refractivity contribution is 7.80. The zero-order chi connectivity index (χ0) is 28.8. The molecule has 0 bridgehead atoms. The maximum atomic E-state index is 8.19. The molecule has 1 heterocycles. The number of thiocarbonyl (C=S) groups is 1. The van der Waals surface area contributed by atoms with Crippen molar-refractivity contribution in [3.63, 3.8) is 0 Å². The van der Waals surface area contributed by atoms with Gasteiger partial charge in [-0.1, -0.05) is 74.5 Å². The van der Waals surface area contributed by atoms with E-state index in [1.807, 2.05) is 74.4 Å². The number of nitrogens with zero attached hydrogens (tertiary/aromatic N) is 3. The van der Waals surface area contributed by atoms with Gasteiger partial charge in [0.25, 0.3) is 0 Å². The minimum atomic E-state index is -0.153. The largest absolute Gasteiger partial charge is 0.402 e. The van der Waals surface area contributed by atoms with Gasteiger partial charge in [0.2, 0.25) is 0 Å². The van der Waals surface area contributed by atoms with Gasteiger partial charge in [0.15, 0.2) is 0 Å². The predicted molar refractivity (Wildman–Crippen MR) is 156 cm³/mol. The number of allylic oxidation sites excluding steroid dienone is 3. The number of nitrogen functional groups attached to an aromatic ring is 1. The van der Waals surface area contributed by atoms with Crippen LogP contribution in [0.15, 0.2) is 29.6 Å². The van der Waals surface area contributed by atoms with Crippen molar-refractivity contribution in [2.45, 2.75) is 88.5 Å². The first kappa shape index (κ1) is 36.9. The van der Waals surface area contributed by atoms with Crippen molar-refractivity contribution < 1.29 is 0 Å². The normalized spacial score (nSPS) is 12.3. The van der Waals surface area contributed by atoms with Crippen molar-refractivity contribution in [3.8, 4) is 12.1 Å². The molecule has 0 amide bonds. The fourth-order valence-electron chi connectivity index (χ4n) is 1.30. The average molecular weight is 522 g/mol. The van der Waals surface area contributed by atoms with Crippen LogP contribution in [-0.2, 0) is 5.41 Å². The summed E-state index contributed by atoms with van der Waals surface area (Å²) in [5, 5.41) is 17.1. The molecule has 198 valence electrons. The van der Waals surface area contributed by atoms with Crippen LogP contribution in [0.2, 0.25) is 0 Å². The minimum absolute atomic E-state index is 0.0383. The molecule has 0 atom stereocenters. The molecule has 0 fully saturated rings. The summed E-state index contributed by atoms with van der Waals surface area (Å²) in [5.74, 6) is 0. The van der Waals surface area contributed by atoms with Gasteiger partial charge in [-0.15, -0.1) is 0 Å². The van der Waals surface area contributed by atoms with E-state index in [-0.39, 0.29) is 21.7 Å². The maximum absolute atomic E-state index is 8.19. The molecule has 0 spiro atoms. The van der Waals surface area contributed by atoms with E-state index in [1.165, 1.54) is 17.6 Å². The Morgan fingerprint density at radius 2 is 1.29 bits per heavy atom. The van der Waals surface area contributed by atoms with E-state index in [9.17, 15) is 0 Å². The van der Waals surface area contributed by atoms with Crippen molar-refractivity contribution in [2.24, 2.45) is 33.4 Å². The molecule has 0 aliphatic carbocycles. The van der Waals surface area contributed by atoms with Gasteiger partial charge >= 0.3 is 0 Å². The van der Waals surface area contributed by atoms with E-state index in [0.29, 0.717) is 10.7 Å². The van der Waals surface area contributed by atoms with Gasteiger partial charge in [0.1, 0.15) is 5.00 Å². The number of aromatic nitrogens is 1. The van der Waals surface area contributed by atoms with E-state index in [1.54, 1.807) is 6.08 Å². The number of hydrogen-bond acceptors (Lipinski definition) is 8. The van der Waals surface area contributed by atoms with Gasteiger partial charge in [-0.2, -0.15) is 14.9 Å². The SMILES string of the molecule is CC(C)(C)/C(N)=C/C#N.CC(C)(C)/C(N)=C/C(N)=S.CC(C)(C)C#N.CC(C)(C)c1cc(N)sn1. The molecular weight excluding hydrogens is 474 g/mol. The molecule has 0 saturated carbocycles. The summed E-state index contributed by atoms with van der Waals surface area (Å²) in [7, 11) is 0. The van der Waals surface area contributed by atoms with E-state index in [4.69, 9.17) is 33.5 Å². The zero-order valence-electron chi connectivity index (χ0n) is 23.7. The van der Waals surface area contributed by atoms with Crippen LogP contribution in [0.1, 0.15) is 88.8 Å². The summed E-state index contributed by atoms with van der Waals surface area (Å²) >= 11 is 6.02. The Kier molecular flexibility index (Phi) is 16.2. The standard InChI is InChI=1S/C7H12N2S.C7H14N2S.C7H12N2.C5H9N/c1-7(2,3)5-4-6(8)10-9-5;1-7(2,3)5(8)4-6(9)10;1-7(2,3)6(9)4-5-8;1-5(2,3)4-6/h4H,8H2,1-3H3;4H,8H2,1-3H3,(H2,9,10);4H,9H2,1-3H3;1-3H3/b;5-4-;6-4-;. The molecule has 8 N–H and O–H groups in total. The number of anilines is 1. The monoisotopic (exact) mass is 521 g/mol. The Bertz CT molecular complexity index is 916. The fraction of sp³-hybridized carbons (Fsp3) is 0.615. The van der Waals surface area contributed by atoms with Crippen LogP contribution >= 0.6 is 23.8 Å². The van der Waals surface area contributed by atoms with Crippen LogP contribution in [0.3, 0.4) is 0 Å². The molecule has 0 aliphatic heterocycles. The van der Waals surface area contributed by atoms with Gasteiger partial charge < -0.3 is 22.9 Å². The molecule has 1 rings (SSSR count). The molecule has 0 aliphatic rings. The Morgan fingerprint density at radius 3 is 1.40 bits per heavy atom. The lowest BCUT2D eigenvalue weighted by Gasteiger charge is -2.18. The van der Waals surface area contributed by atoms with Gasteiger partial charge in [-0.05, 0) is 44.4 Å². The maximum Gasteiger partial charge on any atom is 0.107 e. The van der Waals surface area contributed by atoms with Crippen molar-refractivity contribution in [1.29, 1.82) is 10.5 Å². The van der Waals surface area contributed by atoms with Crippen LogP contribution in [-0.4, -0.2) is 9.36 Å². The number of nitriles is 2. The highest BCUT2D eigenvalue weighted by atomic mass is 32.1. The first-order valence-corrected chi connectivity index (χ1v) is 12.3. The highest BCUT2D eigenvalue weighted by Gasteiger charge is 2.16. The van der Waals surface area contributed by atoms with Crippen LogP contribution in [0.4, 0.5) is 5.00 Å². The first-order chi connectivity index (χ1) is 15.4. The van der Waals surface area contributed by atoms with Crippen LogP contribution in [0, 0.1) is 38.9 Å². The second-order valence-corrected chi connectivity index (χ2v) is 13.3. The molecule has 1 aromatic heterocycles. The second kappa shape index (κ2) is 15.4. The summed E-state index contributed by atoms with van der Waals surface area (Å²) in [5.41, 5.74) is 24.2. The Morgan fingerprint density at radius 1 is 0.886 bits per heavy atom. The van der Waals surface area contributed by atoms with E-state index >= 15 is 0 Å². The number of nitrogens with two attached hydrogens (primary N) is 4. The smallest absolute Gasteiger partial charge is 0.107 e. The quantitative estimate of drug-likeness (QED) is 0.194. The van der Waals surface area contributed by atoms with E-state index in [2.05, 4.69) is 43.4 Å². The summed E-state index contributed by atoms with van der Waals surface area (Å²) in [4.78, 5) is 0.340. The van der Waals surface area contributed by atoms with E-state index < -0.39 is 0 Å². The van der Waals surface area contributed by atoms with Crippen LogP contribution in [0.25, 0.3) is 0 Å². The molecular formula is C26H47N7S2.